The molecule has 0 saturated heterocycles. The maximum Gasteiger partial charge on any atom is 0.416 e. The summed E-state index contributed by atoms with van der Waals surface area (Å²) < 4.78 is 37.5. The zero-order chi connectivity index (χ0) is 12.5. The minimum absolute atomic E-state index is 0.560. The minimum atomic E-state index is -4.24. The summed E-state index contributed by atoms with van der Waals surface area (Å²) in [5, 5.41) is 0. The molecule has 0 bridgehead atoms. The maximum absolute atomic E-state index is 12.5. The van der Waals surface area contributed by atoms with Crippen molar-refractivity contribution in [3.05, 3.63) is 35.4 Å². The van der Waals surface area contributed by atoms with Crippen molar-refractivity contribution in [1.82, 2.24) is 4.90 Å². The van der Waals surface area contributed by atoms with Gasteiger partial charge >= 0.3 is 6.18 Å². The van der Waals surface area contributed by atoms with E-state index in [4.69, 9.17) is 0 Å². The van der Waals surface area contributed by atoms with Gasteiger partial charge in [-0.05, 0) is 37.4 Å². The first-order valence-corrected chi connectivity index (χ1v) is 5.80. The molecule has 94 valence electrons. The Morgan fingerprint density at radius 2 is 2.00 bits per heavy atom. The first-order chi connectivity index (χ1) is 7.95. The highest BCUT2D eigenvalue weighted by molar-refractivity contribution is 5.25. The van der Waals surface area contributed by atoms with Gasteiger partial charge in [0.15, 0.2) is 0 Å². The maximum atomic E-state index is 12.5. The van der Waals surface area contributed by atoms with Crippen LogP contribution in [0.25, 0.3) is 0 Å². The van der Waals surface area contributed by atoms with Gasteiger partial charge in [0, 0.05) is 13.1 Å². The van der Waals surface area contributed by atoms with Crippen molar-refractivity contribution in [2.24, 2.45) is 5.92 Å². The van der Waals surface area contributed by atoms with Crippen molar-refractivity contribution in [3.63, 3.8) is 0 Å². The van der Waals surface area contributed by atoms with Crippen LogP contribution in [0.2, 0.25) is 0 Å². The van der Waals surface area contributed by atoms with Gasteiger partial charge in [0.05, 0.1) is 5.56 Å². The van der Waals surface area contributed by atoms with Crippen LogP contribution >= 0.6 is 0 Å². The Labute approximate surface area is 99.2 Å². The molecule has 17 heavy (non-hydrogen) atoms. The highest BCUT2D eigenvalue weighted by atomic mass is 19.4. The molecule has 0 heterocycles. The largest absolute Gasteiger partial charge is 0.416 e. The van der Waals surface area contributed by atoms with Crippen molar-refractivity contribution >= 4 is 0 Å². The van der Waals surface area contributed by atoms with Crippen molar-refractivity contribution in [1.29, 1.82) is 0 Å². The van der Waals surface area contributed by atoms with Gasteiger partial charge in [-0.25, -0.2) is 0 Å². The zero-order valence-corrected chi connectivity index (χ0v) is 9.80. The minimum Gasteiger partial charge on any atom is -0.302 e. The summed E-state index contributed by atoms with van der Waals surface area (Å²) >= 11 is 0. The smallest absolute Gasteiger partial charge is 0.302 e. The second-order valence-corrected chi connectivity index (χ2v) is 4.84. The van der Waals surface area contributed by atoms with Crippen molar-refractivity contribution < 1.29 is 13.2 Å². The highest BCUT2D eigenvalue weighted by Gasteiger charge is 2.30. The van der Waals surface area contributed by atoms with E-state index in [2.05, 4.69) is 4.90 Å². The van der Waals surface area contributed by atoms with Gasteiger partial charge in [-0.2, -0.15) is 13.2 Å². The van der Waals surface area contributed by atoms with Crippen LogP contribution in [0.1, 0.15) is 24.0 Å². The Balaban J connectivity index is 2.00. The standard InChI is InChI=1S/C13H16F3N/c1-17(8-10-5-6-10)9-11-3-2-4-12(7-11)13(14,15)16/h2-4,7,10H,5-6,8-9H2,1H3. The zero-order valence-electron chi connectivity index (χ0n) is 9.80. The fourth-order valence-electron chi connectivity index (χ4n) is 1.96. The third kappa shape index (κ3) is 3.73. The topological polar surface area (TPSA) is 3.24 Å². The normalized spacial score (nSPS) is 16.5. The monoisotopic (exact) mass is 243 g/mol. The lowest BCUT2D eigenvalue weighted by Gasteiger charge is -2.17. The van der Waals surface area contributed by atoms with Gasteiger partial charge < -0.3 is 4.90 Å². The highest BCUT2D eigenvalue weighted by Crippen LogP contribution is 2.31. The van der Waals surface area contributed by atoms with Crippen LogP contribution in [0.5, 0.6) is 0 Å². The molecule has 0 N–H and O–H groups in total. The van der Waals surface area contributed by atoms with E-state index in [1.807, 2.05) is 7.05 Å². The molecular formula is C13H16F3N. The summed E-state index contributed by atoms with van der Waals surface area (Å²) in [5.41, 5.74) is 0.165. The third-order valence-electron chi connectivity index (χ3n) is 2.97. The van der Waals surface area contributed by atoms with Crippen LogP contribution in [0.3, 0.4) is 0 Å². The molecular weight excluding hydrogens is 227 g/mol. The number of hydrogen-bond acceptors (Lipinski definition) is 1. The molecule has 2 rings (SSSR count). The van der Waals surface area contributed by atoms with Crippen molar-refractivity contribution in [2.75, 3.05) is 13.6 Å². The molecule has 1 aliphatic carbocycles. The molecule has 0 atom stereocenters. The second-order valence-electron chi connectivity index (χ2n) is 4.84. The molecule has 1 aromatic rings. The van der Waals surface area contributed by atoms with E-state index in [1.165, 1.54) is 25.0 Å². The van der Waals surface area contributed by atoms with Gasteiger partial charge in [-0.3, -0.25) is 0 Å². The molecule has 1 aromatic carbocycles. The van der Waals surface area contributed by atoms with Crippen LogP contribution in [0.4, 0.5) is 13.2 Å². The van der Waals surface area contributed by atoms with Crippen LogP contribution in [0, 0.1) is 5.92 Å². The summed E-state index contributed by atoms with van der Waals surface area (Å²) in [7, 11) is 1.96. The molecule has 0 spiro atoms. The van der Waals surface area contributed by atoms with E-state index < -0.39 is 11.7 Å². The first kappa shape index (κ1) is 12.4. The lowest BCUT2D eigenvalue weighted by atomic mass is 10.1. The van der Waals surface area contributed by atoms with E-state index >= 15 is 0 Å². The molecule has 1 nitrogen and oxygen atoms in total. The van der Waals surface area contributed by atoms with E-state index in [9.17, 15) is 13.2 Å². The van der Waals surface area contributed by atoms with Gasteiger partial charge in [0.1, 0.15) is 0 Å². The Kier molecular flexibility index (Phi) is 3.43. The van der Waals surface area contributed by atoms with E-state index in [0.29, 0.717) is 6.54 Å². The lowest BCUT2D eigenvalue weighted by molar-refractivity contribution is -0.137. The quantitative estimate of drug-likeness (QED) is 0.781. The first-order valence-electron chi connectivity index (χ1n) is 5.80. The third-order valence-corrected chi connectivity index (χ3v) is 2.97. The van der Waals surface area contributed by atoms with Crippen LogP contribution in [0.15, 0.2) is 24.3 Å². The summed E-state index contributed by atoms with van der Waals surface area (Å²) in [4.78, 5) is 2.09. The number of rotatable bonds is 4. The van der Waals surface area contributed by atoms with Crippen LogP contribution < -0.4 is 0 Å². The molecule has 1 aliphatic rings. The van der Waals surface area contributed by atoms with Gasteiger partial charge in [0.2, 0.25) is 0 Å². The molecule has 1 saturated carbocycles. The Morgan fingerprint density at radius 3 is 2.59 bits per heavy atom. The Bertz CT molecular complexity index is 382. The van der Waals surface area contributed by atoms with E-state index in [1.54, 1.807) is 6.07 Å². The van der Waals surface area contributed by atoms with E-state index in [0.717, 1.165) is 24.1 Å². The Morgan fingerprint density at radius 1 is 1.29 bits per heavy atom. The fraction of sp³-hybridized carbons (Fsp3) is 0.538. The molecule has 0 unspecified atom stereocenters. The fourth-order valence-corrected chi connectivity index (χ4v) is 1.96. The molecule has 0 radical (unpaired) electrons. The summed E-state index contributed by atoms with van der Waals surface area (Å²) in [5.74, 6) is 0.755. The average molecular weight is 243 g/mol. The van der Waals surface area contributed by atoms with Crippen LogP contribution in [-0.2, 0) is 12.7 Å². The molecule has 0 aliphatic heterocycles. The second kappa shape index (κ2) is 4.69. The number of benzene rings is 1. The molecule has 0 amide bonds. The summed E-state index contributed by atoms with van der Waals surface area (Å²) in [6.45, 7) is 1.57. The predicted molar refractivity (Wildman–Crippen MR) is 60.5 cm³/mol. The van der Waals surface area contributed by atoms with Crippen molar-refractivity contribution in [3.8, 4) is 0 Å². The molecule has 4 heteroatoms. The summed E-state index contributed by atoms with van der Waals surface area (Å²) in [6.07, 6.45) is -1.73. The number of nitrogens with zero attached hydrogens (tertiary/aromatic N) is 1. The number of hydrogen-bond donors (Lipinski definition) is 0. The number of halogens is 3. The SMILES string of the molecule is CN(Cc1cccc(C(F)(F)F)c1)CC1CC1. The average Bonchev–Trinajstić information content (AvgIpc) is 3.00. The van der Waals surface area contributed by atoms with Gasteiger partial charge in [0.25, 0.3) is 0 Å². The predicted octanol–water partition coefficient (Wildman–Crippen LogP) is 3.55. The molecule has 0 aromatic heterocycles. The molecule has 1 fully saturated rings. The Hall–Kier alpha value is -1.03. The van der Waals surface area contributed by atoms with Gasteiger partial charge in [-0.1, -0.05) is 18.2 Å². The van der Waals surface area contributed by atoms with Crippen LogP contribution in [-0.4, -0.2) is 18.5 Å². The van der Waals surface area contributed by atoms with Crippen molar-refractivity contribution in [2.45, 2.75) is 25.6 Å². The van der Waals surface area contributed by atoms with E-state index in [-0.39, 0.29) is 0 Å². The number of alkyl halides is 3. The van der Waals surface area contributed by atoms with Gasteiger partial charge in [-0.15, -0.1) is 0 Å². The lowest BCUT2D eigenvalue weighted by Crippen LogP contribution is -2.20. The summed E-state index contributed by atoms with van der Waals surface area (Å²) in [6, 6.07) is 5.58.